The van der Waals surface area contributed by atoms with Crippen LogP contribution in [0.4, 0.5) is 0 Å². The monoisotopic (exact) mass is 212 g/mol. The molecule has 0 radical (unpaired) electrons. The molecule has 4 heteroatoms. The number of ether oxygens (including phenoxy) is 1. The highest BCUT2D eigenvalue weighted by atomic mass is 32.2. The van der Waals surface area contributed by atoms with Gasteiger partial charge < -0.3 is 4.74 Å². The molecule has 0 fully saturated rings. The molecule has 0 saturated heterocycles. The van der Waals surface area contributed by atoms with Gasteiger partial charge in [0.1, 0.15) is 6.61 Å². The van der Waals surface area contributed by atoms with Crippen LogP contribution in [0, 0.1) is 0 Å². The third-order valence-corrected chi connectivity index (χ3v) is 2.99. The van der Waals surface area contributed by atoms with Gasteiger partial charge in [-0.3, -0.25) is 9.00 Å². The van der Waals surface area contributed by atoms with Crippen LogP contribution in [0.3, 0.4) is 0 Å². The van der Waals surface area contributed by atoms with Gasteiger partial charge in [-0.05, 0) is 12.1 Å². The number of carbonyl (C=O) groups is 1. The van der Waals surface area contributed by atoms with E-state index in [0.29, 0.717) is 4.90 Å². The van der Waals surface area contributed by atoms with Crippen molar-refractivity contribution >= 4 is 16.6 Å². The molecule has 1 aromatic rings. The second-order valence-electron chi connectivity index (χ2n) is 2.77. The van der Waals surface area contributed by atoms with E-state index in [4.69, 9.17) is 0 Å². The van der Waals surface area contributed by atoms with Gasteiger partial charge in [-0.2, -0.15) is 0 Å². The zero-order chi connectivity index (χ0) is 10.4. The van der Waals surface area contributed by atoms with Crippen LogP contribution in [0.2, 0.25) is 0 Å². The maximum Gasteiger partial charge on any atom is 0.171 e. The molecule has 3 nitrogen and oxygen atoms in total. The van der Waals surface area contributed by atoms with Gasteiger partial charge in [0, 0.05) is 12.0 Å². The van der Waals surface area contributed by atoms with Crippen molar-refractivity contribution in [3.05, 3.63) is 30.3 Å². The fourth-order valence-electron chi connectivity index (χ4n) is 1.00. The molecule has 76 valence electrons. The molecular weight excluding hydrogens is 200 g/mol. The van der Waals surface area contributed by atoms with E-state index in [1.165, 1.54) is 7.11 Å². The molecule has 0 amide bonds. The van der Waals surface area contributed by atoms with Gasteiger partial charge in [0.05, 0.1) is 16.6 Å². The van der Waals surface area contributed by atoms with Crippen molar-refractivity contribution in [2.45, 2.75) is 4.90 Å². The Hall–Kier alpha value is -1.00. The summed E-state index contributed by atoms with van der Waals surface area (Å²) in [7, 11) is 0.203. The topological polar surface area (TPSA) is 43.4 Å². The number of Topliss-reactive ketones (excluding diaryl/α,β-unsaturated/α-hetero) is 1. The fraction of sp³-hybridized carbons (Fsp3) is 0.300. The maximum atomic E-state index is 11.6. The van der Waals surface area contributed by atoms with Crippen LogP contribution in [-0.4, -0.2) is 29.5 Å². The lowest BCUT2D eigenvalue weighted by Crippen LogP contribution is -2.15. The van der Waals surface area contributed by atoms with E-state index < -0.39 is 10.8 Å². The SMILES string of the molecule is COCC(=O)CS(=O)c1ccccc1. The molecule has 14 heavy (non-hydrogen) atoms. The number of ketones is 1. The standard InChI is InChI=1S/C10H12O3S/c1-13-7-9(11)8-14(12)10-5-3-2-4-6-10/h2-6H,7-8H2,1H3. The first-order valence-corrected chi connectivity index (χ1v) is 5.50. The molecule has 1 atom stereocenters. The zero-order valence-electron chi connectivity index (χ0n) is 7.93. The second-order valence-corrected chi connectivity index (χ2v) is 4.23. The highest BCUT2D eigenvalue weighted by molar-refractivity contribution is 7.85. The number of hydrogen-bond donors (Lipinski definition) is 0. The Balaban J connectivity index is 2.55. The third-order valence-electron chi connectivity index (χ3n) is 1.60. The number of rotatable bonds is 5. The molecule has 0 saturated carbocycles. The lowest BCUT2D eigenvalue weighted by atomic mass is 10.4. The van der Waals surface area contributed by atoms with Gasteiger partial charge in [-0.15, -0.1) is 0 Å². The predicted molar refractivity (Wildman–Crippen MR) is 54.6 cm³/mol. The summed E-state index contributed by atoms with van der Waals surface area (Å²) in [6.07, 6.45) is 0. The second kappa shape index (κ2) is 5.67. The summed E-state index contributed by atoms with van der Waals surface area (Å²) in [5.41, 5.74) is 0. The summed E-state index contributed by atoms with van der Waals surface area (Å²) in [5, 5.41) is 0. The van der Waals surface area contributed by atoms with Crippen molar-refractivity contribution < 1.29 is 13.7 Å². The van der Waals surface area contributed by atoms with Crippen LogP contribution in [0.25, 0.3) is 0 Å². The van der Waals surface area contributed by atoms with Crippen LogP contribution in [0.15, 0.2) is 35.2 Å². The van der Waals surface area contributed by atoms with E-state index in [1.807, 2.05) is 6.07 Å². The first-order valence-electron chi connectivity index (χ1n) is 4.18. The summed E-state index contributed by atoms with van der Waals surface area (Å²) in [5.74, 6) is -0.118. The van der Waals surface area contributed by atoms with Gasteiger partial charge in [-0.25, -0.2) is 0 Å². The summed E-state index contributed by atoms with van der Waals surface area (Å²) in [4.78, 5) is 11.8. The molecule has 0 bridgehead atoms. The number of benzene rings is 1. The Kier molecular flexibility index (Phi) is 4.49. The van der Waals surface area contributed by atoms with Gasteiger partial charge >= 0.3 is 0 Å². The van der Waals surface area contributed by atoms with E-state index >= 15 is 0 Å². The quantitative estimate of drug-likeness (QED) is 0.731. The molecular formula is C10H12O3S. The molecule has 0 aliphatic carbocycles. The van der Waals surface area contributed by atoms with Crippen LogP contribution in [-0.2, 0) is 20.3 Å². The van der Waals surface area contributed by atoms with Crippen LogP contribution >= 0.6 is 0 Å². The van der Waals surface area contributed by atoms with E-state index in [9.17, 15) is 9.00 Å². The zero-order valence-corrected chi connectivity index (χ0v) is 8.75. The normalized spacial score (nSPS) is 12.4. The first kappa shape index (κ1) is 11.1. The largest absolute Gasteiger partial charge is 0.377 e. The first-order chi connectivity index (χ1) is 6.74. The van der Waals surface area contributed by atoms with Crippen molar-refractivity contribution in [3.63, 3.8) is 0 Å². The molecule has 0 aliphatic rings. The molecule has 1 rings (SSSR count). The molecule has 0 aliphatic heterocycles. The van der Waals surface area contributed by atoms with Gasteiger partial charge in [0.15, 0.2) is 5.78 Å². The van der Waals surface area contributed by atoms with E-state index in [2.05, 4.69) is 4.74 Å². The van der Waals surface area contributed by atoms with E-state index in [0.717, 1.165) is 0 Å². The number of carbonyl (C=O) groups excluding carboxylic acids is 1. The average Bonchev–Trinajstić information content (AvgIpc) is 2.19. The molecule has 0 spiro atoms. The fourth-order valence-corrected chi connectivity index (χ4v) is 2.01. The summed E-state index contributed by atoms with van der Waals surface area (Å²) >= 11 is 0. The predicted octanol–water partition coefficient (Wildman–Crippen LogP) is 1.01. The van der Waals surface area contributed by atoms with Crippen LogP contribution < -0.4 is 0 Å². The van der Waals surface area contributed by atoms with Crippen molar-refractivity contribution in [2.24, 2.45) is 0 Å². The number of hydrogen-bond acceptors (Lipinski definition) is 3. The Morgan fingerprint density at radius 3 is 2.57 bits per heavy atom. The Labute approximate surface area is 85.5 Å². The summed E-state index contributed by atoms with van der Waals surface area (Å²) in [6, 6.07) is 8.94. The average molecular weight is 212 g/mol. The minimum atomic E-state index is -1.24. The minimum absolute atomic E-state index is 0.0256. The Bertz CT molecular complexity index is 321. The van der Waals surface area contributed by atoms with Crippen molar-refractivity contribution in [1.29, 1.82) is 0 Å². The number of methoxy groups -OCH3 is 1. The molecule has 0 N–H and O–H groups in total. The maximum absolute atomic E-state index is 11.6. The molecule has 1 aromatic carbocycles. The molecule has 0 aromatic heterocycles. The van der Waals surface area contributed by atoms with E-state index in [1.54, 1.807) is 24.3 Å². The Morgan fingerprint density at radius 2 is 2.00 bits per heavy atom. The van der Waals surface area contributed by atoms with Crippen molar-refractivity contribution in [2.75, 3.05) is 19.5 Å². The minimum Gasteiger partial charge on any atom is -0.377 e. The summed E-state index contributed by atoms with van der Waals surface area (Å²) < 4.78 is 16.2. The summed E-state index contributed by atoms with van der Waals surface area (Å²) in [6.45, 7) is 0.0264. The molecule has 0 heterocycles. The van der Waals surface area contributed by atoms with Crippen molar-refractivity contribution in [3.8, 4) is 0 Å². The van der Waals surface area contributed by atoms with Gasteiger partial charge in [-0.1, -0.05) is 18.2 Å². The highest BCUT2D eigenvalue weighted by Crippen LogP contribution is 2.05. The van der Waals surface area contributed by atoms with Crippen LogP contribution in [0.5, 0.6) is 0 Å². The highest BCUT2D eigenvalue weighted by Gasteiger charge is 2.08. The van der Waals surface area contributed by atoms with Crippen molar-refractivity contribution in [1.82, 2.24) is 0 Å². The van der Waals surface area contributed by atoms with Crippen LogP contribution in [0.1, 0.15) is 0 Å². The van der Waals surface area contributed by atoms with E-state index in [-0.39, 0.29) is 18.1 Å². The third kappa shape index (κ3) is 3.40. The van der Waals surface area contributed by atoms with Gasteiger partial charge in [0.25, 0.3) is 0 Å². The Morgan fingerprint density at radius 1 is 1.36 bits per heavy atom. The van der Waals surface area contributed by atoms with Gasteiger partial charge in [0.2, 0.25) is 0 Å². The smallest absolute Gasteiger partial charge is 0.171 e. The lowest BCUT2D eigenvalue weighted by molar-refractivity contribution is -0.120. The lowest BCUT2D eigenvalue weighted by Gasteiger charge is -2.00. The molecule has 1 unspecified atom stereocenters.